The standard InChI is InChI=1S/C20H26N4O4/c1-4-5-6-7-8-16(25)23-22-14(3)17-18(26)21-20(28)24(19(17)27)15-11-9-13(2)10-12-15/h9-12,27H,4-8H2,1-3H3,(H,23,25)(H,21,26,28). The minimum absolute atomic E-state index is 0.0986. The van der Waals surface area contributed by atoms with Gasteiger partial charge in [-0.3, -0.25) is 14.6 Å². The average Bonchev–Trinajstić information content (AvgIpc) is 2.64. The number of nitrogens with zero attached hydrogens (tertiary/aromatic N) is 2. The fourth-order valence-corrected chi connectivity index (χ4v) is 2.75. The summed E-state index contributed by atoms with van der Waals surface area (Å²) in [5.41, 5.74) is 2.17. The van der Waals surface area contributed by atoms with Crippen molar-refractivity contribution in [2.75, 3.05) is 0 Å². The Morgan fingerprint density at radius 3 is 2.50 bits per heavy atom. The molecule has 150 valence electrons. The van der Waals surface area contributed by atoms with Crippen molar-refractivity contribution < 1.29 is 9.90 Å². The van der Waals surface area contributed by atoms with E-state index in [1.165, 1.54) is 6.92 Å². The van der Waals surface area contributed by atoms with E-state index >= 15 is 0 Å². The number of unbranched alkanes of at least 4 members (excludes halogenated alkanes) is 3. The number of hydrogen-bond acceptors (Lipinski definition) is 5. The highest BCUT2D eigenvalue weighted by Crippen LogP contribution is 2.17. The van der Waals surface area contributed by atoms with Crippen LogP contribution in [0.1, 0.15) is 57.1 Å². The molecule has 0 saturated carbocycles. The Kier molecular flexibility index (Phi) is 7.31. The van der Waals surface area contributed by atoms with E-state index in [1.807, 2.05) is 6.92 Å². The highest BCUT2D eigenvalue weighted by molar-refractivity contribution is 6.00. The summed E-state index contributed by atoms with van der Waals surface area (Å²) in [5, 5.41) is 14.5. The minimum Gasteiger partial charge on any atom is -0.493 e. The van der Waals surface area contributed by atoms with Crippen LogP contribution >= 0.6 is 0 Å². The van der Waals surface area contributed by atoms with Crippen molar-refractivity contribution in [3.05, 3.63) is 56.2 Å². The summed E-state index contributed by atoms with van der Waals surface area (Å²) < 4.78 is 0.988. The van der Waals surface area contributed by atoms with Crippen LogP contribution in [0.4, 0.5) is 0 Å². The molecule has 1 aromatic heterocycles. The molecule has 0 fully saturated rings. The van der Waals surface area contributed by atoms with Gasteiger partial charge in [-0.2, -0.15) is 5.10 Å². The molecule has 0 aliphatic carbocycles. The zero-order valence-corrected chi connectivity index (χ0v) is 16.4. The van der Waals surface area contributed by atoms with Crippen molar-refractivity contribution in [2.45, 2.75) is 52.9 Å². The smallest absolute Gasteiger partial charge is 0.335 e. The Hall–Kier alpha value is -3.16. The first kappa shape index (κ1) is 21.1. The SMILES string of the molecule is CCCCCCC(=O)NN=C(C)c1c(O)n(-c2ccc(C)cc2)c(=O)[nH]c1=O. The van der Waals surface area contributed by atoms with Crippen molar-refractivity contribution in [3.63, 3.8) is 0 Å². The second-order valence-electron chi connectivity index (χ2n) is 6.67. The molecule has 0 aliphatic rings. The third-order valence-corrected chi connectivity index (χ3v) is 4.35. The molecule has 1 amide bonds. The van der Waals surface area contributed by atoms with Crippen LogP contribution in [-0.2, 0) is 4.79 Å². The van der Waals surface area contributed by atoms with E-state index in [9.17, 15) is 19.5 Å². The van der Waals surface area contributed by atoms with Gasteiger partial charge in [0.05, 0.1) is 11.4 Å². The van der Waals surface area contributed by atoms with Crippen molar-refractivity contribution in [3.8, 4) is 11.6 Å². The van der Waals surface area contributed by atoms with Crippen molar-refractivity contribution in [1.82, 2.24) is 15.0 Å². The van der Waals surface area contributed by atoms with Crippen LogP contribution in [0.3, 0.4) is 0 Å². The molecule has 28 heavy (non-hydrogen) atoms. The molecule has 0 bridgehead atoms. The van der Waals surface area contributed by atoms with Gasteiger partial charge in [-0.1, -0.05) is 43.9 Å². The van der Waals surface area contributed by atoms with E-state index in [4.69, 9.17) is 0 Å². The van der Waals surface area contributed by atoms with E-state index in [0.29, 0.717) is 12.1 Å². The van der Waals surface area contributed by atoms with Crippen molar-refractivity contribution >= 4 is 11.6 Å². The number of carbonyl (C=O) groups excluding carboxylic acids is 1. The van der Waals surface area contributed by atoms with E-state index < -0.39 is 17.1 Å². The van der Waals surface area contributed by atoms with Crippen molar-refractivity contribution in [1.29, 1.82) is 0 Å². The normalized spacial score (nSPS) is 11.5. The van der Waals surface area contributed by atoms with Crippen LogP contribution in [0.15, 0.2) is 39.0 Å². The maximum Gasteiger partial charge on any atom is 0.335 e. The molecule has 8 nitrogen and oxygen atoms in total. The first-order valence-corrected chi connectivity index (χ1v) is 9.34. The lowest BCUT2D eigenvalue weighted by molar-refractivity contribution is -0.121. The number of carbonyl (C=O) groups is 1. The van der Waals surface area contributed by atoms with Gasteiger partial charge in [0.2, 0.25) is 11.8 Å². The molecule has 0 aliphatic heterocycles. The first-order chi connectivity index (χ1) is 13.3. The quantitative estimate of drug-likeness (QED) is 0.367. The highest BCUT2D eigenvalue weighted by atomic mass is 16.3. The van der Waals surface area contributed by atoms with Crippen LogP contribution in [0.2, 0.25) is 0 Å². The van der Waals surface area contributed by atoms with E-state index in [2.05, 4.69) is 22.4 Å². The Morgan fingerprint density at radius 2 is 1.86 bits per heavy atom. The van der Waals surface area contributed by atoms with Crippen LogP contribution in [-0.4, -0.2) is 26.3 Å². The van der Waals surface area contributed by atoms with Crippen LogP contribution in [0.25, 0.3) is 5.69 Å². The molecule has 1 aromatic carbocycles. The summed E-state index contributed by atoms with van der Waals surface area (Å²) in [4.78, 5) is 38.4. The number of hydrazone groups is 1. The fraction of sp³-hybridized carbons (Fsp3) is 0.400. The molecule has 0 spiro atoms. The number of rotatable bonds is 8. The van der Waals surface area contributed by atoms with Gasteiger partial charge >= 0.3 is 5.69 Å². The molecule has 0 unspecified atom stereocenters. The number of H-pyrrole nitrogens is 1. The summed E-state index contributed by atoms with van der Waals surface area (Å²) in [6, 6.07) is 6.88. The Labute approximate surface area is 162 Å². The van der Waals surface area contributed by atoms with Crippen LogP contribution in [0, 0.1) is 6.92 Å². The lowest BCUT2D eigenvalue weighted by Gasteiger charge is -2.11. The summed E-state index contributed by atoms with van der Waals surface area (Å²) in [5.74, 6) is -0.797. The predicted octanol–water partition coefficient (Wildman–Crippen LogP) is 2.35. The number of nitrogens with one attached hydrogen (secondary N) is 2. The minimum atomic E-state index is -0.774. The monoisotopic (exact) mass is 386 g/mol. The average molecular weight is 386 g/mol. The molecular formula is C20H26N4O4. The van der Waals surface area contributed by atoms with E-state index in [0.717, 1.165) is 35.8 Å². The van der Waals surface area contributed by atoms with Gasteiger partial charge in [0, 0.05) is 6.42 Å². The summed E-state index contributed by atoms with van der Waals surface area (Å²) in [6.07, 6.45) is 4.21. The van der Waals surface area contributed by atoms with Crippen LogP contribution < -0.4 is 16.7 Å². The zero-order valence-electron chi connectivity index (χ0n) is 16.4. The number of amides is 1. The van der Waals surface area contributed by atoms with Crippen molar-refractivity contribution in [2.24, 2.45) is 5.10 Å². The molecule has 2 rings (SSSR count). The van der Waals surface area contributed by atoms with Gasteiger partial charge in [0.15, 0.2) is 0 Å². The second-order valence-corrected chi connectivity index (χ2v) is 6.67. The number of benzene rings is 1. The van der Waals surface area contributed by atoms with E-state index in [-0.39, 0.29) is 17.2 Å². The molecule has 0 radical (unpaired) electrons. The summed E-state index contributed by atoms with van der Waals surface area (Å²) >= 11 is 0. The largest absolute Gasteiger partial charge is 0.493 e. The molecule has 0 atom stereocenters. The predicted molar refractivity (Wildman–Crippen MR) is 108 cm³/mol. The molecule has 2 aromatic rings. The Morgan fingerprint density at radius 1 is 1.18 bits per heavy atom. The number of aromatic hydroxyl groups is 1. The molecule has 0 saturated heterocycles. The lowest BCUT2D eigenvalue weighted by atomic mass is 10.1. The molecule has 3 N–H and O–H groups in total. The molecular weight excluding hydrogens is 360 g/mol. The highest BCUT2D eigenvalue weighted by Gasteiger charge is 2.18. The van der Waals surface area contributed by atoms with Gasteiger partial charge in [-0.15, -0.1) is 0 Å². The second kappa shape index (κ2) is 9.68. The third kappa shape index (κ3) is 5.18. The Bertz CT molecular complexity index is 971. The number of aromatic nitrogens is 2. The number of hydrogen-bond donors (Lipinski definition) is 3. The molecule has 1 heterocycles. The fourth-order valence-electron chi connectivity index (χ4n) is 2.75. The van der Waals surface area contributed by atoms with Gasteiger partial charge in [-0.25, -0.2) is 14.8 Å². The topological polar surface area (TPSA) is 117 Å². The zero-order chi connectivity index (χ0) is 20.7. The lowest BCUT2D eigenvalue weighted by Crippen LogP contribution is -2.33. The summed E-state index contributed by atoms with van der Waals surface area (Å²) in [6.45, 7) is 5.46. The van der Waals surface area contributed by atoms with Gasteiger partial charge < -0.3 is 5.11 Å². The van der Waals surface area contributed by atoms with Gasteiger partial charge in [-0.05, 0) is 32.4 Å². The number of aryl methyl sites for hydroxylation is 1. The maximum atomic E-state index is 12.2. The third-order valence-electron chi connectivity index (χ3n) is 4.35. The van der Waals surface area contributed by atoms with Gasteiger partial charge in [0.1, 0.15) is 5.56 Å². The maximum absolute atomic E-state index is 12.2. The number of aromatic amines is 1. The Balaban J connectivity index is 2.28. The van der Waals surface area contributed by atoms with E-state index in [1.54, 1.807) is 24.3 Å². The van der Waals surface area contributed by atoms with Gasteiger partial charge in [0.25, 0.3) is 5.56 Å². The van der Waals surface area contributed by atoms with Crippen LogP contribution in [0.5, 0.6) is 5.88 Å². The molecule has 8 heteroatoms. The summed E-state index contributed by atoms with van der Waals surface area (Å²) in [7, 11) is 0. The first-order valence-electron chi connectivity index (χ1n) is 9.34.